The van der Waals surface area contributed by atoms with E-state index < -0.39 is 0 Å². The van der Waals surface area contributed by atoms with Crippen LogP contribution in [0.4, 0.5) is 0 Å². The number of amides is 1. The topological polar surface area (TPSA) is 36.4 Å². The Labute approximate surface area is 153 Å². The van der Waals surface area contributed by atoms with Crippen LogP contribution in [-0.4, -0.2) is 46.9 Å². The van der Waals surface area contributed by atoms with Gasteiger partial charge in [-0.1, -0.05) is 24.3 Å². The van der Waals surface area contributed by atoms with Gasteiger partial charge >= 0.3 is 0 Å². The first-order valence-corrected chi connectivity index (χ1v) is 9.66. The van der Waals surface area contributed by atoms with Crippen LogP contribution in [0.15, 0.2) is 35.7 Å². The Balaban J connectivity index is 1.55. The lowest BCUT2D eigenvalue weighted by atomic mass is 10.1. The number of hydrogen-bond acceptors (Lipinski definition) is 4. The number of carbonyl (C=O) groups excluding carboxylic acids is 1. The largest absolute Gasteiger partial charge is 0.338 e. The van der Waals surface area contributed by atoms with Crippen LogP contribution in [0.2, 0.25) is 0 Å². The van der Waals surface area contributed by atoms with Gasteiger partial charge in [0.2, 0.25) is 5.91 Å². The highest BCUT2D eigenvalue weighted by molar-refractivity contribution is 7.09. The molecule has 0 bridgehead atoms. The van der Waals surface area contributed by atoms with Gasteiger partial charge in [0.15, 0.2) is 0 Å². The highest BCUT2D eigenvalue weighted by Crippen LogP contribution is 2.14. The van der Waals surface area contributed by atoms with E-state index in [1.165, 1.54) is 11.1 Å². The molecule has 1 saturated heterocycles. The van der Waals surface area contributed by atoms with Gasteiger partial charge in [-0.2, -0.15) is 0 Å². The summed E-state index contributed by atoms with van der Waals surface area (Å²) in [4.78, 5) is 21.2. The minimum atomic E-state index is 0.0865. The number of nitrogens with zero attached hydrogens (tertiary/aromatic N) is 3. The standard InChI is InChI=1S/C20H25N3OS/c1-16-6-3-4-7-18(16)14-22-10-5-11-23(13-12-22)20(24)9-8-19-15-25-17(2)21-19/h3-4,6-9,15H,5,10-14H2,1-2H3/b9-8+. The molecular weight excluding hydrogens is 330 g/mol. The Kier molecular flexibility index (Phi) is 6.00. The summed E-state index contributed by atoms with van der Waals surface area (Å²) < 4.78 is 0. The summed E-state index contributed by atoms with van der Waals surface area (Å²) in [6.07, 6.45) is 4.49. The van der Waals surface area contributed by atoms with E-state index in [1.54, 1.807) is 17.4 Å². The average molecular weight is 356 g/mol. The van der Waals surface area contributed by atoms with Crippen molar-refractivity contribution in [3.63, 3.8) is 0 Å². The first-order chi connectivity index (χ1) is 12.1. The molecule has 0 atom stereocenters. The fourth-order valence-electron chi connectivity index (χ4n) is 3.10. The van der Waals surface area contributed by atoms with Gasteiger partial charge in [0, 0.05) is 44.2 Å². The van der Waals surface area contributed by atoms with Crippen LogP contribution in [0, 0.1) is 13.8 Å². The third-order valence-corrected chi connectivity index (χ3v) is 5.38. The van der Waals surface area contributed by atoms with Crippen LogP contribution in [0.5, 0.6) is 0 Å². The Hall–Kier alpha value is -1.98. The molecule has 3 rings (SSSR count). The fourth-order valence-corrected chi connectivity index (χ4v) is 3.68. The zero-order valence-corrected chi connectivity index (χ0v) is 15.8. The smallest absolute Gasteiger partial charge is 0.246 e. The molecule has 25 heavy (non-hydrogen) atoms. The van der Waals surface area contributed by atoms with Crippen LogP contribution in [0.3, 0.4) is 0 Å². The molecule has 1 aliphatic rings. The number of aromatic nitrogens is 1. The third-order valence-electron chi connectivity index (χ3n) is 4.59. The number of rotatable bonds is 4. The normalized spacial score (nSPS) is 16.3. The molecule has 4 nitrogen and oxygen atoms in total. The number of benzene rings is 1. The van der Waals surface area contributed by atoms with E-state index in [9.17, 15) is 4.79 Å². The highest BCUT2D eigenvalue weighted by atomic mass is 32.1. The summed E-state index contributed by atoms with van der Waals surface area (Å²) in [6.45, 7) is 8.66. The molecule has 0 N–H and O–H groups in total. The predicted octanol–water partition coefficient (Wildman–Crippen LogP) is 3.51. The van der Waals surface area contributed by atoms with Gasteiger partial charge in [0.1, 0.15) is 0 Å². The van der Waals surface area contributed by atoms with Crippen molar-refractivity contribution in [2.75, 3.05) is 26.2 Å². The molecule has 0 radical (unpaired) electrons. The molecule has 0 unspecified atom stereocenters. The van der Waals surface area contributed by atoms with Gasteiger partial charge in [-0.05, 0) is 37.5 Å². The average Bonchev–Trinajstić information content (AvgIpc) is 2.88. The molecule has 1 aromatic heterocycles. The summed E-state index contributed by atoms with van der Waals surface area (Å²) in [5.74, 6) is 0.0865. The van der Waals surface area contributed by atoms with Crippen molar-refractivity contribution in [2.45, 2.75) is 26.8 Å². The Morgan fingerprint density at radius 3 is 2.80 bits per heavy atom. The maximum absolute atomic E-state index is 12.4. The molecule has 0 saturated carbocycles. The summed E-state index contributed by atoms with van der Waals surface area (Å²) in [7, 11) is 0. The molecular formula is C20H25N3OS. The molecule has 2 heterocycles. The summed E-state index contributed by atoms with van der Waals surface area (Å²) in [5, 5.41) is 3.00. The van der Waals surface area contributed by atoms with E-state index in [0.29, 0.717) is 0 Å². The molecule has 0 spiro atoms. The number of hydrogen-bond donors (Lipinski definition) is 0. The van der Waals surface area contributed by atoms with Gasteiger partial charge < -0.3 is 4.90 Å². The number of carbonyl (C=O) groups is 1. The molecule has 1 aliphatic heterocycles. The molecule has 1 amide bonds. The van der Waals surface area contributed by atoms with Crippen LogP contribution < -0.4 is 0 Å². The Morgan fingerprint density at radius 1 is 1.20 bits per heavy atom. The van der Waals surface area contributed by atoms with E-state index in [1.807, 2.05) is 23.3 Å². The predicted molar refractivity (Wildman–Crippen MR) is 104 cm³/mol. The molecule has 1 fully saturated rings. The van der Waals surface area contributed by atoms with E-state index in [4.69, 9.17) is 0 Å². The fraction of sp³-hybridized carbons (Fsp3) is 0.400. The van der Waals surface area contributed by atoms with Crippen molar-refractivity contribution >= 4 is 23.3 Å². The van der Waals surface area contributed by atoms with Crippen LogP contribution >= 0.6 is 11.3 Å². The lowest BCUT2D eigenvalue weighted by Gasteiger charge is -2.22. The van der Waals surface area contributed by atoms with Crippen LogP contribution in [-0.2, 0) is 11.3 Å². The molecule has 132 valence electrons. The summed E-state index contributed by atoms with van der Waals surface area (Å²) in [5.41, 5.74) is 3.58. The summed E-state index contributed by atoms with van der Waals surface area (Å²) >= 11 is 1.60. The number of thiazole rings is 1. The molecule has 1 aromatic carbocycles. The Morgan fingerprint density at radius 2 is 2.04 bits per heavy atom. The maximum Gasteiger partial charge on any atom is 0.246 e. The van der Waals surface area contributed by atoms with Crippen molar-refractivity contribution in [3.8, 4) is 0 Å². The first-order valence-electron chi connectivity index (χ1n) is 8.78. The third kappa shape index (κ3) is 5.00. The van der Waals surface area contributed by atoms with Crippen LogP contribution in [0.25, 0.3) is 6.08 Å². The monoisotopic (exact) mass is 355 g/mol. The van der Waals surface area contributed by atoms with Gasteiger partial charge in [-0.3, -0.25) is 9.69 Å². The zero-order chi connectivity index (χ0) is 17.6. The van der Waals surface area contributed by atoms with E-state index in [0.717, 1.165) is 49.8 Å². The minimum Gasteiger partial charge on any atom is -0.338 e. The molecule has 5 heteroatoms. The quantitative estimate of drug-likeness (QED) is 0.788. The van der Waals surface area contributed by atoms with Gasteiger partial charge in [0.05, 0.1) is 10.7 Å². The van der Waals surface area contributed by atoms with E-state index >= 15 is 0 Å². The molecule has 0 aliphatic carbocycles. The second-order valence-corrected chi connectivity index (χ2v) is 7.57. The lowest BCUT2D eigenvalue weighted by molar-refractivity contribution is -0.125. The Bertz CT molecular complexity index is 753. The number of aryl methyl sites for hydroxylation is 2. The van der Waals surface area contributed by atoms with Crippen molar-refractivity contribution < 1.29 is 4.79 Å². The zero-order valence-electron chi connectivity index (χ0n) is 14.9. The van der Waals surface area contributed by atoms with Crippen molar-refractivity contribution in [1.29, 1.82) is 0 Å². The highest BCUT2D eigenvalue weighted by Gasteiger charge is 2.18. The van der Waals surface area contributed by atoms with Crippen LogP contribution in [0.1, 0.15) is 28.2 Å². The van der Waals surface area contributed by atoms with Gasteiger partial charge in [-0.15, -0.1) is 11.3 Å². The van der Waals surface area contributed by atoms with Gasteiger partial charge in [-0.25, -0.2) is 4.98 Å². The minimum absolute atomic E-state index is 0.0865. The maximum atomic E-state index is 12.4. The lowest BCUT2D eigenvalue weighted by Crippen LogP contribution is -2.34. The van der Waals surface area contributed by atoms with E-state index in [-0.39, 0.29) is 5.91 Å². The second kappa shape index (κ2) is 8.41. The van der Waals surface area contributed by atoms with Crippen molar-refractivity contribution in [1.82, 2.24) is 14.8 Å². The summed E-state index contributed by atoms with van der Waals surface area (Å²) in [6, 6.07) is 8.54. The van der Waals surface area contributed by atoms with Crippen molar-refractivity contribution in [2.24, 2.45) is 0 Å². The second-order valence-electron chi connectivity index (χ2n) is 6.51. The van der Waals surface area contributed by atoms with Gasteiger partial charge in [0.25, 0.3) is 0 Å². The van der Waals surface area contributed by atoms with Crippen molar-refractivity contribution in [3.05, 3.63) is 57.6 Å². The SMILES string of the molecule is Cc1nc(/C=C/C(=O)N2CCCN(Cc3ccccc3C)CC2)cs1. The van der Waals surface area contributed by atoms with E-state index in [2.05, 4.69) is 41.1 Å². The first kappa shape index (κ1) is 17.8. The molecule has 2 aromatic rings.